The monoisotopic (exact) mass is 540 g/mol. The van der Waals surface area contributed by atoms with Crippen molar-refractivity contribution < 1.29 is 42.5 Å². The van der Waals surface area contributed by atoms with Crippen LogP contribution in [0, 0.1) is 5.82 Å². The minimum absolute atomic E-state index is 0.0623. The van der Waals surface area contributed by atoms with Crippen molar-refractivity contribution in [2.24, 2.45) is 10.3 Å². The fraction of sp³-hybridized carbons (Fsp3) is 0.308. The second-order valence-electron chi connectivity index (χ2n) is 8.53. The number of hydrogen-bond acceptors (Lipinski definition) is 10. The van der Waals surface area contributed by atoms with Crippen molar-refractivity contribution in [3.63, 3.8) is 0 Å². The molecule has 0 radical (unpaired) electrons. The number of rotatable bonds is 9. The van der Waals surface area contributed by atoms with Gasteiger partial charge in [-0.3, -0.25) is 4.79 Å². The molecule has 2 aromatic carbocycles. The number of hydrogen-bond donors (Lipinski definition) is 2. The van der Waals surface area contributed by atoms with Crippen LogP contribution in [0.15, 0.2) is 34.5 Å². The number of halogens is 1. The standard InChI is InChI=1S/C26H25FN4O8/c1-4-36-26(33)20-10-15(39-31-20)9-16-17(22-24(38-12-37-22)23(35-3)21(16)34-2)11-28-30-25(32)19-8-13-7-14(27)5-6-18(13)29-19/h5-8,11,15,29H,4,9-10,12H2,1-3H3,(H,30,32). The molecule has 0 bridgehead atoms. The highest BCUT2D eigenvalue weighted by molar-refractivity contribution is 6.36. The SMILES string of the molecule is CCOC(=O)C1=NOC(Cc2c(C=NNC(=O)c3cc4cc(F)ccc4[nH]3)c3c(c(OC)c2OC)OCO3)C1. The summed E-state index contributed by atoms with van der Waals surface area (Å²) in [5.41, 5.74) is 4.47. The van der Waals surface area contributed by atoms with Crippen LogP contribution in [0.3, 0.4) is 0 Å². The predicted octanol–water partition coefficient (Wildman–Crippen LogP) is 3.07. The summed E-state index contributed by atoms with van der Waals surface area (Å²) in [6, 6.07) is 5.70. The normalized spacial score (nSPS) is 15.8. The van der Waals surface area contributed by atoms with E-state index in [4.69, 9.17) is 28.5 Å². The Morgan fingerprint density at radius 2 is 2.00 bits per heavy atom. The second-order valence-corrected chi connectivity index (χ2v) is 8.53. The summed E-state index contributed by atoms with van der Waals surface area (Å²) in [4.78, 5) is 33.2. The minimum atomic E-state index is -0.542. The van der Waals surface area contributed by atoms with E-state index < -0.39 is 23.8 Å². The average molecular weight is 541 g/mol. The van der Waals surface area contributed by atoms with E-state index in [9.17, 15) is 14.0 Å². The zero-order valence-corrected chi connectivity index (χ0v) is 21.3. The molecule has 0 aliphatic carbocycles. The number of H-pyrrole nitrogens is 1. The molecule has 1 amide bonds. The van der Waals surface area contributed by atoms with Crippen LogP contribution in [-0.2, 0) is 20.8 Å². The van der Waals surface area contributed by atoms with Crippen LogP contribution in [0.4, 0.5) is 4.39 Å². The maximum atomic E-state index is 13.5. The number of nitrogens with one attached hydrogen (secondary N) is 2. The van der Waals surface area contributed by atoms with E-state index in [0.29, 0.717) is 45.0 Å². The van der Waals surface area contributed by atoms with E-state index in [-0.39, 0.29) is 37.6 Å². The first-order chi connectivity index (χ1) is 18.9. The van der Waals surface area contributed by atoms with Crippen LogP contribution in [0.25, 0.3) is 10.9 Å². The van der Waals surface area contributed by atoms with E-state index in [2.05, 4.69) is 20.7 Å². The number of aromatic amines is 1. The lowest BCUT2D eigenvalue weighted by Crippen LogP contribution is -2.20. The van der Waals surface area contributed by atoms with Gasteiger partial charge in [0.25, 0.3) is 5.91 Å². The topological polar surface area (TPSA) is 142 Å². The smallest absolute Gasteiger partial charge is 0.356 e. The number of benzene rings is 2. The molecule has 0 spiro atoms. The molecule has 3 heterocycles. The Kier molecular flexibility index (Phi) is 7.21. The maximum Gasteiger partial charge on any atom is 0.356 e. The number of ether oxygens (including phenoxy) is 5. The van der Waals surface area contributed by atoms with Crippen LogP contribution in [-0.4, -0.2) is 62.5 Å². The number of nitrogens with zero attached hydrogens (tertiary/aromatic N) is 2. The van der Waals surface area contributed by atoms with Crippen molar-refractivity contribution in [3.05, 3.63) is 46.9 Å². The fourth-order valence-corrected chi connectivity index (χ4v) is 4.43. The van der Waals surface area contributed by atoms with Crippen LogP contribution in [0.1, 0.15) is 35.0 Å². The summed E-state index contributed by atoms with van der Waals surface area (Å²) in [5.74, 6) is -0.165. The lowest BCUT2D eigenvalue weighted by Gasteiger charge is -2.19. The summed E-state index contributed by atoms with van der Waals surface area (Å²) in [6.45, 7) is 1.86. The number of fused-ring (bicyclic) bond motifs is 2. The predicted molar refractivity (Wildman–Crippen MR) is 136 cm³/mol. The third-order valence-electron chi connectivity index (χ3n) is 6.14. The van der Waals surface area contributed by atoms with Crippen LogP contribution in [0.2, 0.25) is 0 Å². The Labute approximate surface area is 221 Å². The molecule has 12 nitrogen and oxygen atoms in total. The molecule has 3 aromatic rings. The van der Waals surface area contributed by atoms with Gasteiger partial charge in [-0.05, 0) is 31.2 Å². The van der Waals surface area contributed by atoms with Crippen molar-refractivity contribution in [2.75, 3.05) is 27.6 Å². The Morgan fingerprint density at radius 1 is 1.21 bits per heavy atom. The van der Waals surface area contributed by atoms with Gasteiger partial charge in [0, 0.05) is 34.9 Å². The number of methoxy groups -OCH3 is 2. The average Bonchev–Trinajstić information content (AvgIpc) is 3.68. The molecule has 1 unspecified atom stereocenters. The largest absolute Gasteiger partial charge is 0.492 e. The molecular formula is C26H25FN4O8. The van der Waals surface area contributed by atoms with Crippen molar-refractivity contribution in [1.82, 2.24) is 10.4 Å². The van der Waals surface area contributed by atoms with Gasteiger partial charge in [-0.25, -0.2) is 14.6 Å². The Bertz CT molecular complexity index is 1500. The summed E-state index contributed by atoms with van der Waals surface area (Å²) in [5, 5.41) is 8.55. The van der Waals surface area contributed by atoms with E-state index in [0.717, 1.165) is 0 Å². The molecule has 0 saturated carbocycles. The van der Waals surface area contributed by atoms with Gasteiger partial charge >= 0.3 is 5.97 Å². The van der Waals surface area contributed by atoms with Gasteiger partial charge in [0.2, 0.25) is 18.3 Å². The number of oxime groups is 1. The molecule has 0 fully saturated rings. The first kappa shape index (κ1) is 25.8. The molecule has 204 valence electrons. The number of carbonyl (C=O) groups excluding carboxylic acids is 2. The van der Waals surface area contributed by atoms with Crippen LogP contribution in [0.5, 0.6) is 23.0 Å². The van der Waals surface area contributed by atoms with E-state index in [1.165, 1.54) is 38.6 Å². The molecule has 39 heavy (non-hydrogen) atoms. The molecule has 2 aliphatic heterocycles. The third-order valence-corrected chi connectivity index (χ3v) is 6.14. The van der Waals surface area contributed by atoms with Gasteiger partial charge in [-0.2, -0.15) is 5.10 Å². The number of esters is 1. The van der Waals surface area contributed by atoms with E-state index in [1.807, 2.05) is 0 Å². The highest BCUT2D eigenvalue weighted by atomic mass is 19.1. The molecule has 2 aliphatic rings. The molecular weight excluding hydrogens is 515 g/mol. The van der Waals surface area contributed by atoms with Gasteiger partial charge in [0.1, 0.15) is 17.6 Å². The highest BCUT2D eigenvalue weighted by Gasteiger charge is 2.34. The minimum Gasteiger partial charge on any atom is -0.492 e. The first-order valence-corrected chi connectivity index (χ1v) is 12.0. The first-order valence-electron chi connectivity index (χ1n) is 12.0. The summed E-state index contributed by atoms with van der Waals surface area (Å²) >= 11 is 0. The third kappa shape index (κ3) is 5.02. The van der Waals surface area contributed by atoms with Crippen molar-refractivity contribution >= 4 is 34.7 Å². The van der Waals surface area contributed by atoms with E-state index in [1.54, 1.807) is 13.0 Å². The molecule has 1 aromatic heterocycles. The number of amides is 1. The van der Waals surface area contributed by atoms with Gasteiger partial charge in [0.15, 0.2) is 17.2 Å². The molecule has 2 N–H and O–H groups in total. The summed E-state index contributed by atoms with van der Waals surface area (Å²) < 4.78 is 41.1. The van der Waals surface area contributed by atoms with E-state index >= 15 is 0 Å². The number of carbonyl (C=O) groups is 2. The zero-order valence-electron chi connectivity index (χ0n) is 21.3. The van der Waals surface area contributed by atoms with Crippen molar-refractivity contribution in [1.29, 1.82) is 0 Å². The number of hydrazone groups is 1. The van der Waals surface area contributed by atoms with Crippen LogP contribution < -0.4 is 24.4 Å². The zero-order chi connectivity index (χ0) is 27.5. The molecule has 1 atom stereocenters. The van der Waals surface area contributed by atoms with Crippen LogP contribution >= 0.6 is 0 Å². The van der Waals surface area contributed by atoms with Gasteiger partial charge in [-0.1, -0.05) is 5.16 Å². The fourth-order valence-electron chi connectivity index (χ4n) is 4.43. The van der Waals surface area contributed by atoms with Gasteiger partial charge in [0.05, 0.1) is 27.0 Å². The second kappa shape index (κ2) is 10.9. The lowest BCUT2D eigenvalue weighted by atomic mass is 9.96. The summed E-state index contributed by atoms with van der Waals surface area (Å²) in [6.07, 6.45) is 1.32. The number of aromatic nitrogens is 1. The Hall–Kier alpha value is -4.81. The molecule has 5 rings (SSSR count). The van der Waals surface area contributed by atoms with Crippen molar-refractivity contribution in [3.8, 4) is 23.0 Å². The van der Waals surface area contributed by atoms with Gasteiger partial charge < -0.3 is 33.5 Å². The van der Waals surface area contributed by atoms with Crippen molar-refractivity contribution in [2.45, 2.75) is 25.9 Å². The highest BCUT2D eigenvalue weighted by Crippen LogP contribution is 2.52. The Morgan fingerprint density at radius 3 is 2.77 bits per heavy atom. The Balaban J connectivity index is 1.43. The summed E-state index contributed by atoms with van der Waals surface area (Å²) in [7, 11) is 2.94. The maximum absolute atomic E-state index is 13.5. The molecule has 0 saturated heterocycles. The van der Waals surface area contributed by atoms with Gasteiger partial charge in [-0.15, -0.1) is 0 Å². The lowest BCUT2D eigenvalue weighted by molar-refractivity contribution is -0.135. The molecule has 13 heteroatoms. The quantitative estimate of drug-likeness (QED) is 0.240.